The van der Waals surface area contributed by atoms with Crippen LogP contribution >= 0.6 is 11.8 Å². The summed E-state index contributed by atoms with van der Waals surface area (Å²) in [6.45, 7) is 0. The van der Waals surface area contributed by atoms with Gasteiger partial charge in [-0.15, -0.1) is 0 Å². The van der Waals surface area contributed by atoms with Crippen molar-refractivity contribution in [3.63, 3.8) is 0 Å². The molecular formula is C14H15N3OS. The van der Waals surface area contributed by atoms with Crippen LogP contribution in [0.1, 0.15) is 0 Å². The molecule has 0 aliphatic heterocycles. The van der Waals surface area contributed by atoms with Crippen molar-refractivity contribution in [2.75, 3.05) is 13.4 Å². The number of aliphatic imine (C=N–C) groups is 1. The lowest BCUT2D eigenvalue weighted by atomic mass is 10.1. The molecule has 5 heteroatoms. The monoisotopic (exact) mass is 273 g/mol. The summed E-state index contributed by atoms with van der Waals surface area (Å²) in [7, 11) is 1.64. The molecule has 0 unspecified atom stereocenters. The highest BCUT2D eigenvalue weighted by atomic mass is 32.2. The van der Waals surface area contributed by atoms with Crippen molar-refractivity contribution in [1.29, 1.82) is 0 Å². The van der Waals surface area contributed by atoms with Crippen LogP contribution in [0.5, 0.6) is 5.75 Å². The highest BCUT2D eigenvalue weighted by Crippen LogP contribution is 2.25. The lowest BCUT2D eigenvalue weighted by Gasteiger charge is -2.05. The first-order valence-electron chi connectivity index (χ1n) is 5.71. The van der Waals surface area contributed by atoms with Gasteiger partial charge in [0.25, 0.3) is 0 Å². The molecule has 0 aliphatic rings. The maximum Gasteiger partial charge on any atom is 0.158 e. The molecule has 0 amide bonds. The van der Waals surface area contributed by atoms with E-state index in [1.165, 1.54) is 11.8 Å². The molecule has 2 N–H and O–H groups in total. The van der Waals surface area contributed by atoms with E-state index in [0.717, 1.165) is 22.7 Å². The van der Waals surface area contributed by atoms with Crippen molar-refractivity contribution in [3.8, 4) is 17.0 Å². The standard InChI is InChI=1S/C14H15N3OS/c1-18-12-6-7-16-13(9-12)10-4-3-5-11(8-10)17-14(15)19-2/h3-9H,1-2H3,(H2,15,17). The second-order valence-corrected chi connectivity index (χ2v) is 4.61. The zero-order valence-corrected chi connectivity index (χ0v) is 11.6. The number of nitrogens with zero attached hydrogens (tertiary/aromatic N) is 2. The van der Waals surface area contributed by atoms with Crippen LogP contribution in [0, 0.1) is 0 Å². The first-order valence-corrected chi connectivity index (χ1v) is 6.94. The topological polar surface area (TPSA) is 60.5 Å². The van der Waals surface area contributed by atoms with Crippen molar-refractivity contribution in [3.05, 3.63) is 42.6 Å². The Kier molecular flexibility index (Phi) is 4.41. The third kappa shape index (κ3) is 3.48. The zero-order chi connectivity index (χ0) is 13.7. The minimum Gasteiger partial charge on any atom is -0.497 e. The molecule has 0 spiro atoms. The number of hydrogen-bond donors (Lipinski definition) is 1. The summed E-state index contributed by atoms with van der Waals surface area (Å²) < 4.78 is 5.20. The molecule has 0 saturated heterocycles. The maximum atomic E-state index is 5.72. The summed E-state index contributed by atoms with van der Waals surface area (Å²) in [5, 5.41) is 0.538. The van der Waals surface area contributed by atoms with Crippen molar-refractivity contribution in [2.24, 2.45) is 10.7 Å². The number of pyridine rings is 1. The number of thioether (sulfide) groups is 1. The Labute approximate surface area is 116 Å². The van der Waals surface area contributed by atoms with Crippen LogP contribution in [0.25, 0.3) is 11.3 Å². The number of methoxy groups -OCH3 is 1. The summed E-state index contributed by atoms with van der Waals surface area (Å²) in [5.74, 6) is 0.780. The first-order chi connectivity index (χ1) is 9.22. The van der Waals surface area contributed by atoms with E-state index >= 15 is 0 Å². The van der Waals surface area contributed by atoms with E-state index in [0.29, 0.717) is 5.17 Å². The van der Waals surface area contributed by atoms with Gasteiger partial charge in [0.2, 0.25) is 0 Å². The predicted molar refractivity (Wildman–Crippen MR) is 81.0 cm³/mol. The SMILES string of the molecule is COc1ccnc(-c2cccc(N=C(N)SC)c2)c1. The van der Waals surface area contributed by atoms with Gasteiger partial charge in [-0.25, -0.2) is 4.99 Å². The molecule has 1 aromatic carbocycles. The molecule has 2 rings (SSSR count). The lowest BCUT2D eigenvalue weighted by Crippen LogP contribution is -2.04. The van der Waals surface area contributed by atoms with Crippen LogP contribution < -0.4 is 10.5 Å². The maximum absolute atomic E-state index is 5.72. The van der Waals surface area contributed by atoms with Gasteiger partial charge in [-0.2, -0.15) is 0 Å². The average molecular weight is 273 g/mol. The van der Waals surface area contributed by atoms with Gasteiger partial charge in [0.1, 0.15) is 5.75 Å². The molecule has 0 atom stereocenters. The van der Waals surface area contributed by atoms with Gasteiger partial charge >= 0.3 is 0 Å². The fourth-order valence-corrected chi connectivity index (χ4v) is 1.80. The van der Waals surface area contributed by atoms with Crippen LogP contribution in [-0.4, -0.2) is 23.5 Å². The summed E-state index contributed by atoms with van der Waals surface area (Å²) >= 11 is 1.42. The number of aromatic nitrogens is 1. The van der Waals surface area contributed by atoms with E-state index in [9.17, 15) is 0 Å². The van der Waals surface area contributed by atoms with Gasteiger partial charge < -0.3 is 10.5 Å². The summed E-state index contributed by atoms with van der Waals surface area (Å²) in [6, 6.07) is 11.5. The van der Waals surface area contributed by atoms with Gasteiger partial charge in [0, 0.05) is 17.8 Å². The van der Waals surface area contributed by atoms with E-state index in [1.54, 1.807) is 13.3 Å². The van der Waals surface area contributed by atoms with Gasteiger partial charge in [0.15, 0.2) is 5.17 Å². The van der Waals surface area contributed by atoms with Crippen molar-refractivity contribution in [1.82, 2.24) is 4.98 Å². The van der Waals surface area contributed by atoms with Gasteiger partial charge in [0.05, 0.1) is 18.5 Å². The van der Waals surface area contributed by atoms with Crippen molar-refractivity contribution >= 4 is 22.6 Å². The fourth-order valence-electron chi connectivity index (χ4n) is 1.60. The summed E-state index contributed by atoms with van der Waals surface area (Å²) in [6.07, 6.45) is 3.62. The Balaban J connectivity index is 2.37. The number of nitrogens with two attached hydrogens (primary N) is 1. The number of amidine groups is 1. The molecule has 4 nitrogen and oxygen atoms in total. The third-order valence-electron chi connectivity index (χ3n) is 2.56. The molecule has 1 heterocycles. The molecule has 0 aliphatic carbocycles. The normalized spacial score (nSPS) is 11.4. The van der Waals surface area contributed by atoms with E-state index in [2.05, 4.69) is 9.98 Å². The molecule has 1 aromatic heterocycles. The third-order valence-corrected chi connectivity index (χ3v) is 3.07. The number of hydrogen-bond acceptors (Lipinski definition) is 4. The Morgan fingerprint density at radius 2 is 2.16 bits per heavy atom. The Morgan fingerprint density at radius 1 is 1.32 bits per heavy atom. The van der Waals surface area contributed by atoms with Crippen LogP contribution in [0.15, 0.2) is 47.6 Å². The van der Waals surface area contributed by atoms with Crippen molar-refractivity contribution < 1.29 is 4.74 Å². The summed E-state index contributed by atoms with van der Waals surface area (Å²) in [5.41, 5.74) is 8.36. The molecule has 2 aromatic rings. The van der Waals surface area contributed by atoms with Crippen LogP contribution in [0.4, 0.5) is 5.69 Å². The van der Waals surface area contributed by atoms with E-state index in [1.807, 2.05) is 42.7 Å². The highest BCUT2D eigenvalue weighted by molar-refractivity contribution is 8.13. The van der Waals surface area contributed by atoms with Gasteiger partial charge in [-0.3, -0.25) is 4.98 Å². The van der Waals surface area contributed by atoms with E-state index in [4.69, 9.17) is 10.5 Å². The van der Waals surface area contributed by atoms with Crippen molar-refractivity contribution in [2.45, 2.75) is 0 Å². The van der Waals surface area contributed by atoms with Crippen LogP contribution in [-0.2, 0) is 0 Å². The first kappa shape index (κ1) is 13.4. The molecule has 0 saturated carbocycles. The Morgan fingerprint density at radius 3 is 2.89 bits per heavy atom. The zero-order valence-electron chi connectivity index (χ0n) is 10.8. The molecule has 0 fully saturated rings. The molecule has 0 radical (unpaired) electrons. The van der Waals surface area contributed by atoms with Gasteiger partial charge in [-0.1, -0.05) is 23.9 Å². The van der Waals surface area contributed by atoms with E-state index in [-0.39, 0.29) is 0 Å². The molecular weight excluding hydrogens is 258 g/mol. The molecule has 0 bridgehead atoms. The Bertz CT molecular complexity index is 599. The lowest BCUT2D eigenvalue weighted by molar-refractivity contribution is 0.414. The number of rotatable bonds is 3. The largest absolute Gasteiger partial charge is 0.497 e. The number of ether oxygens (including phenoxy) is 1. The van der Waals surface area contributed by atoms with Crippen LogP contribution in [0.3, 0.4) is 0 Å². The second-order valence-electron chi connectivity index (χ2n) is 3.79. The molecule has 19 heavy (non-hydrogen) atoms. The quantitative estimate of drug-likeness (QED) is 0.689. The number of benzene rings is 1. The van der Waals surface area contributed by atoms with Gasteiger partial charge in [-0.05, 0) is 24.5 Å². The Hall–Kier alpha value is -2.01. The minimum atomic E-state index is 0.538. The van der Waals surface area contributed by atoms with Crippen LogP contribution in [0.2, 0.25) is 0 Å². The highest BCUT2D eigenvalue weighted by Gasteiger charge is 2.02. The second kappa shape index (κ2) is 6.24. The van der Waals surface area contributed by atoms with E-state index < -0.39 is 0 Å². The molecule has 98 valence electrons. The fraction of sp³-hybridized carbons (Fsp3) is 0.143. The summed E-state index contributed by atoms with van der Waals surface area (Å²) in [4.78, 5) is 8.64. The minimum absolute atomic E-state index is 0.538. The smallest absolute Gasteiger partial charge is 0.158 e. The average Bonchev–Trinajstić information content (AvgIpc) is 2.47. The predicted octanol–water partition coefficient (Wildman–Crippen LogP) is 3.07.